The van der Waals surface area contributed by atoms with Crippen molar-refractivity contribution in [1.29, 1.82) is 0 Å². The molecule has 0 aromatic heterocycles. The molecule has 0 atom stereocenters. The van der Waals surface area contributed by atoms with Gasteiger partial charge in [-0.1, -0.05) is 47.9 Å². The summed E-state index contributed by atoms with van der Waals surface area (Å²) in [5, 5.41) is 0. The van der Waals surface area contributed by atoms with Crippen molar-refractivity contribution in [2.45, 2.75) is 26.3 Å². The fraction of sp³-hybridized carbons (Fsp3) is 0.259. The number of fused-ring (bicyclic) bond motifs is 1. The van der Waals surface area contributed by atoms with Crippen LogP contribution in [-0.2, 0) is 23.9 Å². The number of benzene rings is 2. The normalized spacial score (nSPS) is 16.4. The number of methoxy groups -OCH3 is 2. The zero-order valence-electron chi connectivity index (χ0n) is 21.2. The third-order valence-corrected chi connectivity index (χ3v) is 9.23. The van der Waals surface area contributed by atoms with E-state index in [0.717, 1.165) is 29.1 Å². The van der Waals surface area contributed by atoms with Gasteiger partial charge in [-0.15, -0.1) is 0 Å². The maximum atomic E-state index is 13.6. The number of hydrogen-bond acceptors (Lipinski definition) is 9. The van der Waals surface area contributed by atoms with Gasteiger partial charge in [-0.3, -0.25) is 9.69 Å². The van der Waals surface area contributed by atoms with Crippen molar-refractivity contribution in [3.8, 4) is 5.75 Å². The van der Waals surface area contributed by atoms with Crippen molar-refractivity contribution in [3.63, 3.8) is 0 Å². The zero-order chi connectivity index (χ0) is 27.8. The van der Waals surface area contributed by atoms with Crippen LogP contribution in [0.25, 0.3) is 5.57 Å². The average Bonchev–Trinajstić information content (AvgIpc) is 3.33. The number of carbonyl (C=O) groups excluding carboxylic acids is 3. The third-order valence-electron chi connectivity index (χ3n) is 5.97. The van der Waals surface area contributed by atoms with E-state index in [2.05, 4.69) is 0 Å². The summed E-state index contributed by atoms with van der Waals surface area (Å²) in [6.45, 7) is 5.28. The van der Waals surface area contributed by atoms with Crippen LogP contribution < -0.4 is 9.64 Å². The highest BCUT2D eigenvalue weighted by atomic mass is 32.2. The maximum absolute atomic E-state index is 13.6. The molecular weight excluding hydrogens is 549 g/mol. The minimum Gasteiger partial charge on any atom is -0.484 e. The molecule has 0 fully saturated rings. The number of ether oxygens (including phenoxy) is 3. The summed E-state index contributed by atoms with van der Waals surface area (Å²) in [4.78, 5) is 40.8. The number of carbonyl (C=O) groups is 3. The van der Waals surface area contributed by atoms with E-state index in [1.165, 1.54) is 38.5 Å². The van der Waals surface area contributed by atoms with E-state index >= 15 is 0 Å². The Morgan fingerprint density at radius 1 is 0.974 bits per heavy atom. The molecule has 7 nitrogen and oxygen atoms in total. The molecule has 0 radical (unpaired) electrons. The van der Waals surface area contributed by atoms with Gasteiger partial charge in [0.05, 0.1) is 34.5 Å². The van der Waals surface area contributed by atoms with Gasteiger partial charge in [-0.25, -0.2) is 14.0 Å². The van der Waals surface area contributed by atoms with Crippen LogP contribution in [-0.4, -0.2) is 49.1 Å². The lowest BCUT2D eigenvalue weighted by Gasteiger charge is -2.45. The average molecular weight is 574 g/mol. The predicted octanol–water partition coefficient (Wildman–Crippen LogP) is 5.41. The van der Waals surface area contributed by atoms with Crippen molar-refractivity contribution in [3.05, 3.63) is 73.5 Å². The van der Waals surface area contributed by atoms with Crippen LogP contribution >= 0.6 is 35.7 Å². The second-order valence-corrected chi connectivity index (χ2v) is 11.6. The summed E-state index contributed by atoms with van der Waals surface area (Å²) in [7, 11) is 2.48. The number of halogens is 1. The van der Waals surface area contributed by atoms with Gasteiger partial charge >= 0.3 is 11.9 Å². The van der Waals surface area contributed by atoms with Gasteiger partial charge in [0.25, 0.3) is 5.91 Å². The first-order valence-electron chi connectivity index (χ1n) is 11.4. The summed E-state index contributed by atoms with van der Waals surface area (Å²) >= 11 is 8.14. The zero-order valence-corrected chi connectivity index (χ0v) is 23.7. The van der Waals surface area contributed by atoms with Crippen molar-refractivity contribution in [2.75, 3.05) is 25.7 Å². The van der Waals surface area contributed by atoms with Crippen LogP contribution in [0.4, 0.5) is 10.1 Å². The van der Waals surface area contributed by atoms with Gasteiger partial charge < -0.3 is 14.2 Å². The first-order valence-corrected chi connectivity index (χ1v) is 13.4. The number of aryl methyl sites for hydroxylation is 1. The molecule has 0 saturated carbocycles. The van der Waals surface area contributed by atoms with E-state index in [9.17, 15) is 18.8 Å². The standard InChI is InChI=1S/C27H24FNO6S3/c1-14-6-11-17-18(12-14)29(19(30)13-35-16-9-7-15(28)8-10-16)27(2,3)23(36)20(17)26-37-21(24(31)33-4)22(38-26)25(32)34-5/h6-12H,13H2,1-5H3. The topological polar surface area (TPSA) is 82.1 Å². The number of thioether (sulfide) groups is 2. The molecule has 0 unspecified atom stereocenters. The Balaban J connectivity index is 1.77. The molecule has 0 aliphatic carbocycles. The number of thiocarbonyl (C=S) groups is 1. The predicted molar refractivity (Wildman–Crippen MR) is 150 cm³/mol. The lowest BCUT2D eigenvalue weighted by Crippen LogP contribution is -2.57. The molecule has 11 heteroatoms. The van der Waals surface area contributed by atoms with Crippen molar-refractivity contribution in [1.82, 2.24) is 0 Å². The van der Waals surface area contributed by atoms with Crippen LogP contribution in [0.15, 0.2) is 56.5 Å². The number of amides is 1. The van der Waals surface area contributed by atoms with Gasteiger partial charge in [-0.05, 0) is 56.7 Å². The lowest BCUT2D eigenvalue weighted by atomic mass is 9.83. The van der Waals surface area contributed by atoms with E-state index in [0.29, 0.717) is 31.7 Å². The molecule has 2 aromatic rings. The monoisotopic (exact) mass is 573 g/mol. The number of hydrogen-bond donors (Lipinski definition) is 0. The molecule has 2 aromatic carbocycles. The van der Waals surface area contributed by atoms with E-state index in [4.69, 9.17) is 26.4 Å². The summed E-state index contributed by atoms with van der Waals surface area (Å²) in [6.07, 6.45) is 0. The summed E-state index contributed by atoms with van der Waals surface area (Å²) in [5.74, 6) is -1.69. The first kappa shape index (κ1) is 27.9. The molecule has 2 aliphatic rings. The fourth-order valence-electron chi connectivity index (χ4n) is 4.11. The molecule has 0 N–H and O–H groups in total. The molecule has 2 aliphatic heterocycles. The Kier molecular flexibility index (Phi) is 8.01. The Bertz CT molecular complexity index is 1380. The minimum atomic E-state index is -0.970. The molecule has 2 heterocycles. The van der Waals surface area contributed by atoms with Crippen LogP contribution in [0.3, 0.4) is 0 Å². The highest BCUT2D eigenvalue weighted by Gasteiger charge is 2.46. The van der Waals surface area contributed by atoms with Crippen molar-refractivity contribution >= 4 is 69.7 Å². The molecule has 4 rings (SSSR count). The van der Waals surface area contributed by atoms with Crippen molar-refractivity contribution in [2.24, 2.45) is 0 Å². The van der Waals surface area contributed by atoms with Crippen LogP contribution in [0.2, 0.25) is 0 Å². The number of nitrogens with zero attached hydrogens (tertiary/aromatic N) is 1. The van der Waals surface area contributed by atoms with E-state index < -0.39 is 23.3 Å². The van der Waals surface area contributed by atoms with Gasteiger partial charge in [0.1, 0.15) is 21.4 Å². The molecule has 0 bridgehead atoms. The second kappa shape index (κ2) is 10.9. The molecule has 0 saturated heterocycles. The molecule has 1 amide bonds. The Hall–Kier alpha value is -3.15. The highest BCUT2D eigenvalue weighted by Crippen LogP contribution is 2.56. The van der Waals surface area contributed by atoms with Gasteiger partial charge in [0, 0.05) is 11.1 Å². The molecule has 0 spiro atoms. The Morgan fingerprint density at radius 2 is 1.55 bits per heavy atom. The molecule has 38 heavy (non-hydrogen) atoms. The van der Waals surface area contributed by atoms with Crippen LogP contribution in [0.1, 0.15) is 25.0 Å². The number of rotatable bonds is 5. The van der Waals surface area contributed by atoms with Crippen LogP contribution in [0.5, 0.6) is 5.75 Å². The summed E-state index contributed by atoms with van der Waals surface area (Å²) < 4.78 is 29.3. The molecular formula is C27H24FNO6S3. The second-order valence-electron chi connectivity index (χ2n) is 8.89. The fourth-order valence-corrected chi connectivity index (χ4v) is 7.15. The van der Waals surface area contributed by atoms with Gasteiger partial charge in [-0.2, -0.15) is 0 Å². The molecule has 198 valence electrons. The lowest BCUT2D eigenvalue weighted by molar-refractivity contribution is -0.138. The summed E-state index contributed by atoms with van der Waals surface area (Å²) in [5.41, 5.74) is 1.90. The Morgan fingerprint density at radius 3 is 2.11 bits per heavy atom. The maximum Gasteiger partial charge on any atom is 0.346 e. The van der Waals surface area contributed by atoms with Gasteiger partial charge in [0.15, 0.2) is 6.61 Å². The first-order chi connectivity index (χ1) is 18.0. The minimum absolute atomic E-state index is 0.118. The van der Waals surface area contributed by atoms with Gasteiger partial charge in [0.2, 0.25) is 0 Å². The van der Waals surface area contributed by atoms with E-state index in [1.807, 2.05) is 39.0 Å². The van der Waals surface area contributed by atoms with Crippen molar-refractivity contribution < 1.29 is 33.0 Å². The highest BCUT2D eigenvalue weighted by molar-refractivity contribution is 8.29. The number of esters is 2. The smallest absolute Gasteiger partial charge is 0.346 e. The van der Waals surface area contributed by atoms with E-state index in [1.54, 1.807) is 4.90 Å². The Labute approximate surface area is 233 Å². The largest absolute Gasteiger partial charge is 0.484 e. The SMILES string of the molecule is COC(=O)C1=C(C(=O)OC)SC(=C2C(=S)C(C)(C)N(C(=O)COc3ccc(F)cc3)c3cc(C)ccc32)S1. The quantitative estimate of drug-likeness (QED) is 0.265. The van der Waals surface area contributed by atoms with E-state index in [-0.39, 0.29) is 22.3 Å². The third kappa shape index (κ3) is 5.10. The number of anilines is 1. The van der Waals surface area contributed by atoms with Crippen LogP contribution in [0, 0.1) is 12.7 Å². The summed E-state index contributed by atoms with van der Waals surface area (Å²) in [6, 6.07) is 11.1.